The highest BCUT2D eigenvalue weighted by Crippen LogP contribution is 2.36. The van der Waals surface area contributed by atoms with Gasteiger partial charge in [0.1, 0.15) is 17.2 Å². The molecule has 7 heteroatoms. The van der Waals surface area contributed by atoms with Crippen molar-refractivity contribution in [1.82, 2.24) is 0 Å². The Labute approximate surface area is 147 Å². The van der Waals surface area contributed by atoms with Crippen molar-refractivity contribution in [2.75, 3.05) is 26.6 Å². The maximum Gasteiger partial charge on any atom is 0.255 e. The van der Waals surface area contributed by atoms with E-state index < -0.39 is 0 Å². The van der Waals surface area contributed by atoms with E-state index >= 15 is 0 Å². The zero-order valence-corrected chi connectivity index (χ0v) is 15.1. The standard InChI is InChI=1S/C16H15BrClNO4/c1-21-13-5-4-9(6-10(13)17)16(20)19-12-8-14(22-2)11(18)7-15(12)23-3/h4-8H,1-3H3,(H,19,20). The highest BCUT2D eigenvalue weighted by molar-refractivity contribution is 9.10. The van der Waals surface area contributed by atoms with E-state index in [1.54, 1.807) is 37.4 Å². The lowest BCUT2D eigenvalue weighted by atomic mass is 10.2. The minimum absolute atomic E-state index is 0.295. The van der Waals surface area contributed by atoms with Crippen LogP contribution in [0.1, 0.15) is 10.4 Å². The number of carbonyl (C=O) groups excluding carboxylic acids is 1. The van der Waals surface area contributed by atoms with Gasteiger partial charge in [-0.05, 0) is 34.1 Å². The summed E-state index contributed by atoms with van der Waals surface area (Å²) in [5, 5.41) is 3.18. The SMILES string of the molecule is COc1cc(NC(=O)c2ccc(OC)c(Br)c2)c(OC)cc1Cl. The minimum Gasteiger partial charge on any atom is -0.496 e. The van der Waals surface area contributed by atoms with Crippen LogP contribution in [0.25, 0.3) is 0 Å². The fourth-order valence-electron chi connectivity index (χ4n) is 1.96. The molecule has 0 saturated carbocycles. The van der Waals surface area contributed by atoms with E-state index in [1.807, 2.05) is 0 Å². The van der Waals surface area contributed by atoms with Crippen molar-refractivity contribution in [2.24, 2.45) is 0 Å². The first kappa shape index (κ1) is 17.4. The smallest absolute Gasteiger partial charge is 0.255 e. The zero-order valence-electron chi connectivity index (χ0n) is 12.8. The summed E-state index contributed by atoms with van der Waals surface area (Å²) in [5.74, 6) is 1.23. The molecule has 0 aromatic heterocycles. The van der Waals surface area contributed by atoms with E-state index in [9.17, 15) is 4.79 Å². The molecule has 2 aromatic carbocycles. The van der Waals surface area contributed by atoms with Crippen LogP contribution < -0.4 is 19.5 Å². The second-order valence-corrected chi connectivity index (χ2v) is 5.75. The van der Waals surface area contributed by atoms with E-state index in [0.29, 0.717) is 38.0 Å². The monoisotopic (exact) mass is 399 g/mol. The molecule has 1 N–H and O–H groups in total. The van der Waals surface area contributed by atoms with Gasteiger partial charge in [0, 0.05) is 17.7 Å². The average Bonchev–Trinajstić information content (AvgIpc) is 2.55. The van der Waals surface area contributed by atoms with Crippen LogP contribution in [0.5, 0.6) is 17.2 Å². The first-order valence-electron chi connectivity index (χ1n) is 6.56. The molecule has 0 heterocycles. The molecule has 0 atom stereocenters. The summed E-state index contributed by atoms with van der Waals surface area (Å²) in [6.07, 6.45) is 0. The van der Waals surface area contributed by atoms with Crippen LogP contribution in [-0.2, 0) is 0 Å². The number of ether oxygens (including phenoxy) is 3. The predicted octanol–water partition coefficient (Wildman–Crippen LogP) is 4.38. The Bertz CT molecular complexity index is 736. The lowest BCUT2D eigenvalue weighted by molar-refractivity contribution is 0.102. The van der Waals surface area contributed by atoms with Gasteiger partial charge in [-0.3, -0.25) is 4.79 Å². The summed E-state index contributed by atoms with van der Waals surface area (Å²) < 4.78 is 16.2. The lowest BCUT2D eigenvalue weighted by Crippen LogP contribution is -2.13. The molecule has 0 aliphatic carbocycles. The van der Waals surface area contributed by atoms with E-state index in [-0.39, 0.29) is 5.91 Å². The van der Waals surface area contributed by atoms with E-state index in [2.05, 4.69) is 21.2 Å². The van der Waals surface area contributed by atoms with Crippen molar-refractivity contribution in [1.29, 1.82) is 0 Å². The number of halogens is 2. The molecule has 5 nitrogen and oxygen atoms in total. The quantitative estimate of drug-likeness (QED) is 0.809. The number of methoxy groups -OCH3 is 3. The predicted molar refractivity (Wildman–Crippen MR) is 93.2 cm³/mol. The number of anilines is 1. The summed E-state index contributed by atoms with van der Waals surface area (Å²) in [4.78, 5) is 12.4. The number of rotatable bonds is 5. The fourth-order valence-corrected chi connectivity index (χ4v) is 2.73. The Morgan fingerprint density at radius 3 is 2.22 bits per heavy atom. The Kier molecular flexibility index (Phi) is 5.74. The van der Waals surface area contributed by atoms with Gasteiger partial charge in [-0.15, -0.1) is 0 Å². The first-order chi connectivity index (χ1) is 11.0. The van der Waals surface area contributed by atoms with Crippen LogP contribution in [0.3, 0.4) is 0 Å². The van der Waals surface area contributed by atoms with Gasteiger partial charge in [-0.2, -0.15) is 0 Å². The van der Waals surface area contributed by atoms with Crippen molar-refractivity contribution < 1.29 is 19.0 Å². The summed E-state index contributed by atoms with van der Waals surface area (Å²) in [6, 6.07) is 8.24. The molecule has 0 saturated heterocycles. The van der Waals surface area contributed by atoms with Crippen molar-refractivity contribution in [3.05, 3.63) is 45.4 Å². The molecule has 0 unspecified atom stereocenters. The molecular weight excluding hydrogens is 386 g/mol. The largest absolute Gasteiger partial charge is 0.496 e. The van der Waals surface area contributed by atoms with Crippen molar-refractivity contribution in [3.63, 3.8) is 0 Å². The molecule has 0 radical (unpaired) electrons. The average molecular weight is 401 g/mol. The van der Waals surface area contributed by atoms with E-state index in [1.165, 1.54) is 14.2 Å². The molecular formula is C16H15BrClNO4. The molecule has 0 aliphatic heterocycles. The fraction of sp³-hybridized carbons (Fsp3) is 0.188. The highest BCUT2D eigenvalue weighted by Gasteiger charge is 2.14. The van der Waals surface area contributed by atoms with E-state index in [4.69, 9.17) is 25.8 Å². The maximum absolute atomic E-state index is 12.4. The van der Waals surface area contributed by atoms with Gasteiger partial charge in [-0.25, -0.2) is 0 Å². The molecule has 1 amide bonds. The van der Waals surface area contributed by atoms with Crippen molar-refractivity contribution in [2.45, 2.75) is 0 Å². The van der Waals surface area contributed by atoms with Crippen LogP contribution in [0.15, 0.2) is 34.8 Å². The summed E-state index contributed by atoms with van der Waals surface area (Å²) in [6.45, 7) is 0. The summed E-state index contributed by atoms with van der Waals surface area (Å²) in [7, 11) is 4.56. The second-order valence-electron chi connectivity index (χ2n) is 4.49. The van der Waals surface area contributed by atoms with Crippen LogP contribution in [0.2, 0.25) is 5.02 Å². The maximum atomic E-state index is 12.4. The van der Waals surface area contributed by atoms with Gasteiger partial charge < -0.3 is 19.5 Å². The third-order valence-corrected chi connectivity index (χ3v) is 4.05. The van der Waals surface area contributed by atoms with Crippen LogP contribution in [0.4, 0.5) is 5.69 Å². The minimum atomic E-state index is -0.295. The van der Waals surface area contributed by atoms with Gasteiger partial charge in [0.2, 0.25) is 0 Å². The van der Waals surface area contributed by atoms with Crippen LogP contribution in [0, 0.1) is 0 Å². The third-order valence-electron chi connectivity index (χ3n) is 3.14. The van der Waals surface area contributed by atoms with Gasteiger partial charge in [0.05, 0.1) is 36.5 Å². The highest BCUT2D eigenvalue weighted by atomic mass is 79.9. The van der Waals surface area contributed by atoms with E-state index in [0.717, 1.165) is 0 Å². The summed E-state index contributed by atoms with van der Waals surface area (Å²) in [5.41, 5.74) is 0.930. The number of benzene rings is 2. The molecule has 0 spiro atoms. The molecule has 0 aliphatic rings. The molecule has 23 heavy (non-hydrogen) atoms. The van der Waals surface area contributed by atoms with Gasteiger partial charge in [-0.1, -0.05) is 11.6 Å². The number of amides is 1. The topological polar surface area (TPSA) is 56.8 Å². The van der Waals surface area contributed by atoms with Crippen LogP contribution in [-0.4, -0.2) is 27.2 Å². The zero-order chi connectivity index (χ0) is 17.0. The molecule has 0 fully saturated rings. The number of carbonyl (C=O) groups is 1. The molecule has 122 valence electrons. The third kappa shape index (κ3) is 3.89. The Hall–Kier alpha value is -1.92. The Morgan fingerprint density at radius 1 is 1.00 bits per heavy atom. The Morgan fingerprint density at radius 2 is 1.65 bits per heavy atom. The van der Waals surface area contributed by atoms with Crippen molar-refractivity contribution in [3.8, 4) is 17.2 Å². The lowest BCUT2D eigenvalue weighted by Gasteiger charge is -2.13. The van der Waals surface area contributed by atoms with Gasteiger partial charge >= 0.3 is 0 Å². The van der Waals surface area contributed by atoms with Crippen molar-refractivity contribution >= 4 is 39.1 Å². The van der Waals surface area contributed by atoms with Gasteiger partial charge in [0.25, 0.3) is 5.91 Å². The molecule has 2 rings (SSSR count). The van der Waals surface area contributed by atoms with Gasteiger partial charge in [0.15, 0.2) is 0 Å². The first-order valence-corrected chi connectivity index (χ1v) is 7.73. The second kappa shape index (κ2) is 7.57. The number of hydrogen-bond acceptors (Lipinski definition) is 4. The summed E-state index contributed by atoms with van der Waals surface area (Å²) >= 11 is 9.40. The Balaban J connectivity index is 2.31. The normalized spacial score (nSPS) is 10.1. The molecule has 0 bridgehead atoms. The number of nitrogens with one attached hydrogen (secondary N) is 1. The number of hydrogen-bond donors (Lipinski definition) is 1. The van der Waals surface area contributed by atoms with Crippen LogP contribution >= 0.6 is 27.5 Å². The molecule has 2 aromatic rings.